The highest BCUT2D eigenvalue weighted by atomic mass is 35.5. The molecule has 1 amide bonds. The van der Waals surface area contributed by atoms with Crippen molar-refractivity contribution in [1.29, 1.82) is 0 Å². The molecule has 0 unspecified atom stereocenters. The number of pyridine rings is 1. The first-order chi connectivity index (χ1) is 13.6. The van der Waals surface area contributed by atoms with Gasteiger partial charge in [-0.1, -0.05) is 29.8 Å². The zero-order chi connectivity index (χ0) is 19.5. The Balaban J connectivity index is 1.53. The second-order valence-corrected chi connectivity index (χ2v) is 7.06. The number of hydrogen-bond donors (Lipinski definition) is 0. The maximum atomic E-state index is 12.8. The van der Waals surface area contributed by atoms with E-state index in [0.29, 0.717) is 35.0 Å². The normalized spacial score (nSPS) is 10.9. The molecule has 140 valence electrons. The van der Waals surface area contributed by atoms with Gasteiger partial charge >= 0.3 is 0 Å². The molecule has 2 aromatic heterocycles. The molecule has 0 atom stereocenters. The first kappa shape index (κ1) is 18.2. The molecule has 0 N–H and O–H groups in total. The monoisotopic (exact) mass is 391 g/mol. The summed E-state index contributed by atoms with van der Waals surface area (Å²) >= 11 is 6.04. The summed E-state index contributed by atoms with van der Waals surface area (Å²) in [5.41, 5.74) is 3.87. The van der Waals surface area contributed by atoms with E-state index in [2.05, 4.69) is 9.97 Å². The van der Waals surface area contributed by atoms with E-state index >= 15 is 0 Å². The summed E-state index contributed by atoms with van der Waals surface area (Å²) in [6.45, 7) is 0.487. The number of amides is 1. The quantitative estimate of drug-likeness (QED) is 0.493. The summed E-state index contributed by atoms with van der Waals surface area (Å²) in [7, 11) is 1.77. The standard InChI is InChI=1S/C22H18ClN3O2/c1-26(14-16-5-3-9-24-13-16)22(27)17-7-8-19-20(12-17)28-21(25-19)11-15-4-2-6-18(23)10-15/h2-10,12-13H,11,14H2,1H3. The predicted octanol–water partition coefficient (Wildman–Crippen LogP) is 4.74. The molecule has 0 aliphatic rings. The molecule has 0 spiro atoms. The summed E-state index contributed by atoms with van der Waals surface area (Å²) < 4.78 is 5.87. The molecule has 0 aliphatic heterocycles. The number of rotatable bonds is 5. The Morgan fingerprint density at radius 3 is 2.75 bits per heavy atom. The molecule has 0 aliphatic carbocycles. The minimum atomic E-state index is -0.0847. The van der Waals surface area contributed by atoms with Crippen molar-refractivity contribution < 1.29 is 9.21 Å². The Hall–Kier alpha value is -3.18. The number of benzene rings is 2. The van der Waals surface area contributed by atoms with Crippen LogP contribution in [0.2, 0.25) is 5.02 Å². The summed E-state index contributed by atoms with van der Waals surface area (Å²) in [5.74, 6) is 0.504. The van der Waals surface area contributed by atoms with E-state index in [9.17, 15) is 4.79 Å². The van der Waals surface area contributed by atoms with Crippen molar-refractivity contribution in [1.82, 2.24) is 14.9 Å². The molecule has 0 fully saturated rings. The van der Waals surface area contributed by atoms with E-state index in [-0.39, 0.29) is 5.91 Å². The molecule has 5 nitrogen and oxygen atoms in total. The zero-order valence-corrected chi connectivity index (χ0v) is 16.1. The number of nitrogens with zero attached hydrogens (tertiary/aromatic N) is 3. The van der Waals surface area contributed by atoms with Crippen molar-refractivity contribution in [2.24, 2.45) is 0 Å². The van der Waals surface area contributed by atoms with Gasteiger partial charge in [0.25, 0.3) is 5.91 Å². The molecule has 2 heterocycles. The fraction of sp³-hybridized carbons (Fsp3) is 0.136. The van der Waals surface area contributed by atoms with Gasteiger partial charge in [-0.3, -0.25) is 9.78 Å². The summed E-state index contributed by atoms with van der Waals surface area (Å²) in [6, 6.07) is 16.7. The lowest BCUT2D eigenvalue weighted by Crippen LogP contribution is -2.26. The summed E-state index contributed by atoms with van der Waals surface area (Å²) in [4.78, 5) is 23.0. The SMILES string of the molecule is CN(Cc1cccnc1)C(=O)c1ccc2nc(Cc3cccc(Cl)c3)oc2c1. The largest absolute Gasteiger partial charge is 0.440 e. The van der Waals surface area contributed by atoms with Gasteiger partial charge < -0.3 is 9.32 Å². The molecule has 0 saturated heterocycles. The van der Waals surface area contributed by atoms with Gasteiger partial charge in [-0.05, 0) is 47.5 Å². The van der Waals surface area contributed by atoms with Gasteiger partial charge in [0, 0.05) is 43.0 Å². The lowest BCUT2D eigenvalue weighted by atomic mass is 10.1. The Morgan fingerprint density at radius 2 is 1.96 bits per heavy atom. The Labute approximate surface area is 167 Å². The van der Waals surface area contributed by atoms with Crippen molar-refractivity contribution in [3.63, 3.8) is 0 Å². The molecule has 4 aromatic rings. The predicted molar refractivity (Wildman–Crippen MR) is 108 cm³/mol. The van der Waals surface area contributed by atoms with E-state index in [1.807, 2.05) is 42.5 Å². The average Bonchev–Trinajstić information content (AvgIpc) is 3.09. The number of aromatic nitrogens is 2. The van der Waals surface area contributed by atoms with Crippen LogP contribution in [0.15, 0.2) is 71.4 Å². The lowest BCUT2D eigenvalue weighted by molar-refractivity contribution is 0.0785. The van der Waals surface area contributed by atoms with Crippen LogP contribution >= 0.6 is 11.6 Å². The van der Waals surface area contributed by atoms with Gasteiger partial charge in [0.05, 0.1) is 0 Å². The van der Waals surface area contributed by atoms with Crippen LogP contribution in [0.1, 0.15) is 27.4 Å². The number of carbonyl (C=O) groups excluding carboxylic acids is 1. The molecule has 28 heavy (non-hydrogen) atoms. The third-order valence-electron chi connectivity index (χ3n) is 4.41. The molecule has 0 saturated carbocycles. The first-order valence-corrected chi connectivity index (χ1v) is 9.24. The maximum Gasteiger partial charge on any atom is 0.254 e. The van der Waals surface area contributed by atoms with Crippen LogP contribution in [-0.4, -0.2) is 27.8 Å². The van der Waals surface area contributed by atoms with Crippen LogP contribution in [0.4, 0.5) is 0 Å². The lowest BCUT2D eigenvalue weighted by Gasteiger charge is -2.17. The number of hydrogen-bond acceptors (Lipinski definition) is 4. The molecule has 2 aromatic carbocycles. The van der Waals surface area contributed by atoms with Gasteiger partial charge in [0.1, 0.15) is 5.52 Å². The number of carbonyl (C=O) groups is 1. The van der Waals surface area contributed by atoms with Crippen molar-refractivity contribution in [3.8, 4) is 0 Å². The Kier molecular flexibility index (Phi) is 5.08. The van der Waals surface area contributed by atoms with E-state index < -0.39 is 0 Å². The first-order valence-electron chi connectivity index (χ1n) is 8.87. The van der Waals surface area contributed by atoms with Crippen molar-refractivity contribution in [2.75, 3.05) is 7.05 Å². The molecular formula is C22H18ClN3O2. The van der Waals surface area contributed by atoms with E-state index in [1.165, 1.54) is 0 Å². The average molecular weight is 392 g/mol. The van der Waals surface area contributed by atoms with E-state index in [0.717, 1.165) is 16.6 Å². The summed E-state index contributed by atoms with van der Waals surface area (Å²) in [5, 5.41) is 0.679. The molecule has 0 radical (unpaired) electrons. The topological polar surface area (TPSA) is 59.2 Å². The maximum absolute atomic E-state index is 12.8. The zero-order valence-electron chi connectivity index (χ0n) is 15.3. The third-order valence-corrected chi connectivity index (χ3v) is 4.65. The van der Waals surface area contributed by atoms with Gasteiger partial charge in [0.2, 0.25) is 0 Å². The van der Waals surface area contributed by atoms with E-state index in [1.54, 1.807) is 36.5 Å². The number of fused-ring (bicyclic) bond motifs is 1. The summed E-state index contributed by atoms with van der Waals surface area (Å²) in [6.07, 6.45) is 4.01. The second-order valence-electron chi connectivity index (χ2n) is 6.62. The van der Waals surface area contributed by atoms with Crippen LogP contribution in [0.5, 0.6) is 0 Å². The van der Waals surface area contributed by atoms with Crippen LogP contribution in [0.3, 0.4) is 0 Å². The molecule has 4 rings (SSSR count). The fourth-order valence-corrected chi connectivity index (χ4v) is 3.27. The van der Waals surface area contributed by atoms with Gasteiger partial charge in [-0.25, -0.2) is 4.98 Å². The van der Waals surface area contributed by atoms with Crippen LogP contribution < -0.4 is 0 Å². The van der Waals surface area contributed by atoms with Crippen LogP contribution in [-0.2, 0) is 13.0 Å². The van der Waals surface area contributed by atoms with Gasteiger partial charge in [0.15, 0.2) is 11.5 Å². The minimum Gasteiger partial charge on any atom is -0.440 e. The fourth-order valence-electron chi connectivity index (χ4n) is 3.06. The van der Waals surface area contributed by atoms with Crippen LogP contribution in [0, 0.1) is 0 Å². The van der Waals surface area contributed by atoms with Gasteiger partial charge in [-0.2, -0.15) is 0 Å². The minimum absolute atomic E-state index is 0.0847. The van der Waals surface area contributed by atoms with Crippen molar-refractivity contribution >= 4 is 28.6 Å². The van der Waals surface area contributed by atoms with Crippen molar-refractivity contribution in [3.05, 3.63) is 94.6 Å². The number of halogens is 1. The third kappa shape index (κ3) is 4.05. The Morgan fingerprint density at radius 1 is 1.11 bits per heavy atom. The van der Waals surface area contributed by atoms with Gasteiger partial charge in [-0.15, -0.1) is 0 Å². The van der Waals surface area contributed by atoms with Crippen LogP contribution in [0.25, 0.3) is 11.1 Å². The second kappa shape index (κ2) is 7.82. The Bertz CT molecular complexity index is 1130. The molecular weight excluding hydrogens is 374 g/mol. The molecule has 0 bridgehead atoms. The highest BCUT2D eigenvalue weighted by Crippen LogP contribution is 2.21. The van der Waals surface area contributed by atoms with E-state index in [4.69, 9.17) is 16.0 Å². The van der Waals surface area contributed by atoms with Crippen molar-refractivity contribution in [2.45, 2.75) is 13.0 Å². The smallest absolute Gasteiger partial charge is 0.254 e. The highest BCUT2D eigenvalue weighted by molar-refractivity contribution is 6.30. The highest BCUT2D eigenvalue weighted by Gasteiger charge is 2.15. The number of oxazole rings is 1. The molecule has 6 heteroatoms.